The van der Waals surface area contributed by atoms with Gasteiger partial charge in [-0.1, -0.05) is 54.6 Å². The zero-order chi connectivity index (χ0) is 19.8. The van der Waals surface area contributed by atoms with Crippen LogP contribution in [-0.4, -0.2) is 17.0 Å². The normalized spacial score (nSPS) is 17.7. The minimum Gasteiger partial charge on any atom is -0.508 e. The van der Waals surface area contributed by atoms with Gasteiger partial charge in [0.2, 0.25) is 0 Å². The predicted molar refractivity (Wildman–Crippen MR) is 113 cm³/mol. The van der Waals surface area contributed by atoms with Crippen LogP contribution in [0.5, 0.6) is 5.75 Å². The molecule has 3 aromatic carbocycles. The average molecular weight is 382 g/mol. The van der Waals surface area contributed by atoms with Crippen LogP contribution in [0.1, 0.15) is 17.2 Å². The molecule has 0 saturated carbocycles. The molecule has 3 aromatic rings. The number of hydrogen-bond donors (Lipinski definition) is 4. The molecule has 29 heavy (non-hydrogen) atoms. The minimum atomic E-state index is -0.430. The highest BCUT2D eigenvalue weighted by atomic mass is 16.3. The fourth-order valence-electron chi connectivity index (χ4n) is 3.65. The largest absolute Gasteiger partial charge is 0.508 e. The second kappa shape index (κ2) is 6.83. The summed E-state index contributed by atoms with van der Waals surface area (Å²) in [5.74, 6) is 0.676. The number of carbonyl (C=O) groups excluding carboxylic acids is 1. The Bertz CT molecular complexity index is 1150. The van der Waals surface area contributed by atoms with E-state index in [9.17, 15) is 9.90 Å². The van der Waals surface area contributed by atoms with Crippen molar-refractivity contribution >= 4 is 28.9 Å². The second-order valence-corrected chi connectivity index (χ2v) is 6.88. The van der Waals surface area contributed by atoms with Crippen molar-refractivity contribution in [1.29, 1.82) is 0 Å². The van der Waals surface area contributed by atoms with Gasteiger partial charge in [0.05, 0.1) is 23.1 Å². The molecule has 2 amide bonds. The Morgan fingerprint density at radius 1 is 0.828 bits per heavy atom. The molecule has 142 valence electrons. The molecule has 2 heterocycles. The van der Waals surface area contributed by atoms with Crippen LogP contribution in [0.2, 0.25) is 0 Å². The smallest absolute Gasteiger partial charge is 0.321 e. The lowest BCUT2D eigenvalue weighted by Crippen LogP contribution is -2.50. The molecule has 1 atom stereocenters. The first-order valence-electron chi connectivity index (χ1n) is 9.30. The van der Waals surface area contributed by atoms with Crippen LogP contribution in [0.25, 0.3) is 5.70 Å². The summed E-state index contributed by atoms with van der Waals surface area (Å²) in [6.07, 6.45) is 0. The van der Waals surface area contributed by atoms with E-state index in [0.29, 0.717) is 5.84 Å². The first kappa shape index (κ1) is 17.1. The van der Waals surface area contributed by atoms with Crippen molar-refractivity contribution in [3.63, 3.8) is 0 Å². The molecule has 0 radical (unpaired) electrons. The van der Waals surface area contributed by atoms with Crippen LogP contribution in [0.3, 0.4) is 0 Å². The SMILES string of the molecule is O=C1NC2=Nc3ccccc3NC(c3ccccc3)=C2[C@H](c2ccc(O)cc2)N1. The molecule has 2 aliphatic heterocycles. The summed E-state index contributed by atoms with van der Waals surface area (Å²) in [7, 11) is 0. The minimum absolute atomic E-state index is 0.173. The van der Waals surface area contributed by atoms with Gasteiger partial charge in [-0.15, -0.1) is 0 Å². The molecule has 6 nitrogen and oxygen atoms in total. The number of aliphatic imine (C=N–C) groups is 1. The van der Waals surface area contributed by atoms with Gasteiger partial charge in [-0.05, 0) is 35.4 Å². The van der Waals surface area contributed by atoms with Crippen molar-refractivity contribution in [3.05, 3.63) is 95.6 Å². The zero-order valence-electron chi connectivity index (χ0n) is 15.4. The number of carbonyl (C=O) groups is 1. The van der Waals surface area contributed by atoms with Crippen molar-refractivity contribution in [3.8, 4) is 5.75 Å². The van der Waals surface area contributed by atoms with Crippen LogP contribution < -0.4 is 16.0 Å². The van der Waals surface area contributed by atoms with E-state index in [4.69, 9.17) is 4.99 Å². The molecule has 0 aromatic heterocycles. The maximum atomic E-state index is 12.4. The fraction of sp³-hybridized carbons (Fsp3) is 0.0435. The van der Waals surface area contributed by atoms with Gasteiger partial charge in [0.15, 0.2) is 0 Å². The van der Waals surface area contributed by atoms with E-state index < -0.39 is 6.04 Å². The zero-order valence-corrected chi connectivity index (χ0v) is 15.4. The molecule has 1 saturated heterocycles. The molecule has 0 unspecified atom stereocenters. The van der Waals surface area contributed by atoms with E-state index in [1.165, 1.54) is 0 Å². The van der Waals surface area contributed by atoms with E-state index >= 15 is 0 Å². The highest BCUT2D eigenvalue weighted by molar-refractivity contribution is 6.18. The van der Waals surface area contributed by atoms with E-state index in [1.54, 1.807) is 24.3 Å². The highest BCUT2D eigenvalue weighted by Crippen LogP contribution is 2.38. The number of aromatic hydroxyl groups is 1. The second-order valence-electron chi connectivity index (χ2n) is 6.88. The van der Waals surface area contributed by atoms with Gasteiger partial charge in [0.1, 0.15) is 11.6 Å². The molecular weight excluding hydrogens is 364 g/mol. The van der Waals surface area contributed by atoms with Crippen LogP contribution >= 0.6 is 0 Å². The van der Waals surface area contributed by atoms with Gasteiger partial charge in [-0.3, -0.25) is 5.32 Å². The lowest BCUT2D eigenvalue weighted by atomic mass is 9.92. The molecule has 1 fully saturated rings. The Labute approximate surface area is 167 Å². The fourth-order valence-corrected chi connectivity index (χ4v) is 3.65. The lowest BCUT2D eigenvalue weighted by Gasteiger charge is -2.30. The number of urea groups is 1. The van der Waals surface area contributed by atoms with E-state index in [2.05, 4.69) is 16.0 Å². The Morgan fingerprint density at radius 3 is 2.34 bits per heavy atom. The number of nitrogens with zero attached hydrogens (tertiary/aromatic N) is 1. The summed E-state index contributed by atoms with van der Waals surface area (Å²) in [5, 5.41) is 19.1. The molecule has 4 N–H and O–H groups in total. The summed E-state index contributed by atoms with van der Waals surface area (Å²) >= 11 is 0. The number of nitrogens with one attached hydrogen (secondary N) is 3. The monoisotopic (exact) mass is 382 g/mol. The first-order valence-corrected chi connectivity index (χ1v) is 9.30. The maximum Gasteiger partial charge on any atom is 0.321 e. The Kier molecular flexibility index (Phi) is 4.02. The van der Waals surface area contributed by atoms with Crippen molar-refractivity contribution in [2.24, 2.45) is 4.99 Å². The third-order valence-corrected chi connectivity index (χ3v) is 5.01. The summed E-state index contributed by atoms with van der Waals surface area (Å²) in [4.78, 5) is 17.2. The van der Waals surface area contributed by atoms with Gasteiger partial charge in [0, 0.05) is 5.57 Å². The number of amides is 2. The van der Waals surface area contributed by atoms with Crippen molar-refractivity contribution in [2.45, 2.75) is 6.04 Å². The molecule has 0 spiro atoms. The molecule has 5 rings (SSSR count). The van der Waals surface area contributed by atoms with E-state index in [1.807, 2.05) is 54.6 Å². The highest BCUT2D eigenvalue weighted by Gasteiger charge is 2.34. The third kappa shape index (κ3) is 3.10. The van der Waals surface area contributed by atoms with Crippen LogP contribution in [0.4, 0.5) is 16.2 Å². The number of phenolic OH excluding ortho intramolecular Hbond substituents is 1. The Balaban J connectivity index is 1.77. The average Bonchev–Trinajstić information content (AvgIpc) is 2.91. The van der Waals surface area contributed by atoms with Crippen molar-refractivity contribution in [2.75, 3.05) is 5.32 Å². The van der Waals surface area contributed by atoms with Gasteiger partial charge in [0.25, 0.3) is 0 Å². The topological polar surface area (TPSA) is 85.8 Å². The van der Waals surface area contributed by atoms with Gasteiger partial charge >= 0.3 is 6.03 Å². The number of hydrogen-bond acceptors (Lipinski definition) is 4. The molecule has 0 bridgehead atoms. The lowest BCUT2D eigenvalue weighted by molar-refractivity contribution is 0.241. The third-order valence-electron chi connectivity index (χ3n) is 5.01. The summed E-state index contributed by atoms with van der Waals surface area (Å²) < 4.78 is 0. The van der Waals surface area contributed by atoms with Crippen LogP contribution in [-0.2, 0) is 0 Å². The quantitative estimate of drug-likeness (QED) is 0.533. The van der Waals surface area contributed by atoms with Crippen molar-refractivity contribution in [1.82, 2.24) is 10.6 Å². The first-order chi connectivity index (χ1) is 14.2. The van der Waals surface area contributed by atoms with Crippen LogP contribution in [0, 0.1) is 0 Å². The Morgan fingerprint density at radius 2 is 1.55 bits per heavy atom. The molecule has 0 aliphatic carbocycles. The van der Waals surface area contributed by atoms with E-state index in [0.717, 1.165) is 33.8 Å². The van der Waals surface area contributed by atoms with Crippen LogP contribution in [0.15, 0.2) is 89.4 Å². The van der Waals surface area contributed by atoms with Gasteiger partial charge < -0.3 is 15.7 Å². The van der Waals surface area contributed by atoms with Gasteiger partial charge in [-0.25, -0.2) is 9.79 Å². The van der Waals surface area contributed by atoms with Crippen molar-refractivity contribution < 1.29 is 9.90 Å². The predicted octanol–water partition coefficient (Wildman–Crippen LogP) is 4.31. The molecular formula is C23H18N4O2. The van der Waals surface area contributed by atoms with E-state index in [-0.39, 0.29) is 11.8 Å². The Hall–Kier alpha value is -4.06. The number of para-hydroxylation sites is 2. The summed E-state index contributed by atoms with van der Waals surface area (Å²) in [6.45, 7) is 0. The summed E-state index contributed by atoms with van der Waals surface area (Å²) in [6, 6.07) is 23.8. The van der Waals surface area contributed by atoms with Gasteiger partial charge in [-0.2, -0.15) is 0 Å². The number of phenols is 1. The maximum absolute atomic E-state index is 12.4. The number of benzene rings is 3. The summed E-state index contributed by atoms with van der Waals surface area (Å²) in [5.41, 5.74) is 5.13. The number of amidine groups is 1. The number of fused-ring (bicyclic) bond motifs is 2. The molecule has 2 aliphatic rings. The number of anilines is 1. The number of rotatable bonds is 2. The molecule has 6 heteroatoms. The standard InChI is InChI=1S/C23H18N4O2/c28-16-12-10-15(11-13-16)21-19-20(14-6-2-1-3-7-14)24-17-8-4-5-9-18(17)25-22(19)27-23(29)26-21/h1-13,21,24,28H,(H2,25,26,27,29)/t21-/m0/s1.